The van der Waals surface area contributed by atoms with E-state index >= 15 is 0 Å². The van der Waals surface area contributed by atoms with Crippen molar-refractivity contribution >= 4 is 38.9 Å². The monoisotopic (exact) mass is 291 g/mol. The summed E-state index contributed by atoms with van der Waals surface area (Å²) >= 11 is 3.49. The van der Waals surface area contributed by atoms with E-state index in [-0.39, 0.29) is 0 Å². The Hall–Kier alpha value is -1.88. The van der Waals surface area contributed by atoms with E-state index in [1.165, 1.54) is 0 Å². The molecule has 0 fully saturated rings. The van der Waals surface area contributed by atoms with Gasteiger partial charge in [0.25, 0.3) is 0 Å². The summed E-state index contributed by atoms with van der Waals surface area (Å²) in [5.41, 5.74) is 7.94. The van der Waals surface area contributed by atoms with Gasteiger partial charge in [-0.05, 0) is 28.5 Å². The van der Waals surface area contributed by atoms with E-state index < -0.39 is 6.03 Å². The van der Waals surface area contributed by atoms with Crippen molar-refractivity contribution in [2.75, 3.05) is 0 Å². The summed E-state index contributed by atoms with van der Waals surface area (Å²) in [7, 11) is 0. The maximum absolute atomic E-state index is 10.4. The first kappa shape index (κ1) is 11.6. The Kier molecular flexibility index (Phi) is 3.39. The van der Waals surface area contributed by atoms with Crippen LogP contribution in [0.5, 0.6) is 0 Å². The van der Waals surface area contributed by atoms with E-state index in [9.17, 15) is 4.79 Å². The van der Waals surface area contributed by atoms with Gasteiger partial charge in [0.2, 0.25) is 0 Å². The van der Waals surface area contributed by atoms with Crippen LogP contribution in [-0.2, 0) is 0 Å². The number of nitrogens with one attached hydrogen (secondary N) is 1. The van der Waals surface area contributed by atoms with Crippen molar-refractivity contribution in [2.24, 2.45) is 10.8 Å². The van der Waals surface area contributed by atoms with Crippen molar-refractivity contribution in [3.8, 4) is 0 Å². The van der Waals surface area contributed by atoms with Gasteiger partial charge in [0.1, 0.15) is 0 Å². The molecule has 2 amide bonds. The minimum absolute atomic E-state index is 0.678. The quantitative estimate of drug-likeness (QED) is 0.648. The summed E-state index contributed by atoms with van der Waals surface area (Å²) in [6, 6.07) is 11.2. The molecule has 0 bridgehead atoms. The van der Waals surface area contributed by atoms with Crippen LogP contribution in [0.15, 0.2) is 46.0 Å². The molecule has 5 heteroatoms. The van der Waals surface area contributed by atoms with Crippen molar-refractivity contribution in [2.45, 2.75) is 0 Å². The zero-order chi connectivity index (χ0) is 12.3. The van der Waals surface area contributed by atoms with E-state index in [2.05, 4.69) is 26.5 Å². The van der Waals surface area contributed by atoms with Gasteiger partial charge in [-0.2, -0.15) is 5.10 Å². The second kappa shape index (κ2) is 4.97. The SMILES string of the molecule is NC(=O)NN=Cc1ccc2cccc(Br)c2c1. The lowest BCUT2D eigenvalue weighted by molar-refractivity contribution is 0.249. The van der Waals surface area contributed by atoms with Crippen LogP contribution in [0.25, 0.3) is 10.8 Å². The highest BCUT2D eigenvalue weighted by molar-refractivity contribution is 9.10. The number of primary amides is 1. The van der Waals surface area contributed by atoms with Crippen LogP contribution in [0.4, 0.5) is 4.79 Å². The Bertz CT molecular complexity index is 595. The number of benzene rings is 2. The maximum Gasteiger partial charge on any atom is 0.332 e. The molecule has 3 N–H and O–H groups in total. The smallest absolute Gasteiger partial charge is 0.332 e. The fraction of sp³-hybridized carbons (Fsp3) is 0. The largest absolute Gasteiger partial charge is 0.350 e. The minimum Gasteiger partial charge on any atom is -0.350 e. The highest BCUT2D eigenvalue weighted by Gasteiger charge is 1.98. The molecule has 86 valence electrons. The number of hydrazone groups is 1. The fourth-order valence-corrected chi connectivity index (χ4v) is 2.00. The summed E-state index contributed by atoms with van der Waals surface area (Å²) in [6.45, 7) is 0. The predicted molar refractivity (Wildman–Crippen MR) is 72.0 cm³/mol. The third-order valence-electron chi connectivity index (χ3n) is 2.24. The lowest BCUT2D eigenvalue weighted by Gasteiger charge is -2.01. The Morgan fingerprint density at radius 2 is 2.18 bits per heavy atom. The van der Waals surface area contributed by atoms with Crippen LogP contribution in [-0.4, -0.2) is 12.2 Å². The molecule has 0 aliphatic heterocycles. The number of urea groups is 1. The van der Waals surface area contributed by atoms with Crippen LogP contribution in [0.2, 0.25) is 0 Å². The predicted octanol–water partition coefficient (Wildman–Crippen LogP) is 2.60. The first-order valence-electron chi connectivity index (χ1n) is 4.93. The molecule has 0 saturated heterocycles. The third kappa shape index (κ3) is 2.82. The highest BCUT2D eigenvalue weighted by atomic mass is 79.9. The number of nitrogens with zero attached hydrogens (tertiary/aromatic N) is 1. The lowest BCUT2D eigenvalue weighted by Crippen LogP contribution is -2.24. The molecule has 0 spiro atoms. The fourth-order valence-electron chi connectivity index (χ4n) is 1.50. The van der Waals surface area contributed by atoms with Crippen molar-refractivity contribution in [3.63, 3.8) is 0 Å². The van der Waals surface area contributed by atoms with Crippen LogP contribution in [0.3, 0.4) is 0 Å². The van der Waals surface area contributed by atoms with E-state index in [1.807, 2.05) is 36.4 Å². The van der Waals surface area contributed by atoms with Gasteiger partial charge in [-0.1, -0.05) is 40.2 Å². The number of carbonyl (C=O) groups is 1. The molecule has 17 heavy (non-hydrogen) atoms. The highest BCUT2D eigenvalue weighted by Crippen LogP contribution is 2.24. The van der Waals surface area contributed by atoms with Crippen molar-refractivity contribution in [1.29, 1.82) is 0 Å². The minimum atomic E-state index is -0.678. The summed E-state index contributed by atoms with van der Waals surface area (Å²) < 4.78 is 1.02. The number of amides is 2. The molecule has 0 aromatic heterocycles. The number of hydrogen-bond acceptors (Lipinski definition) is 2. The number of nitrogens with two attached hydrogens (primary N) is 1. The van der Waals surface area contributed by atoms with E-state index in [0.717, 1.165) is 20.8 Å². The molecular weight excluding hydrogens is 282 g/mol. The first-order valence-corrected chi connectivity index (χ1v) is 5.73. The van der Waals surface area contributed by atoms with Gasteiger partial charge in [0, 0.05) is 4.47 Å². The van der Waals surface area contributed by atoms with Gasteiger partial charge in [-0.3, -0.25) is 0 Å². The molecule has 4 nitrogen and oxygen atoms in total. The van der Waals surface area contributed by atoms with Crippen LogP contribution < -0.4 is 11.2 Å². The second-order valence-electron chi connectivity index (χ2n) is 3.45. The van der Waals surface area contributed by atoms with Crippen molar-refractivity contribution in [3.05, 3.63) is 46.4 Å². The zero-order valence-electron chi connectivity index (χ0n) is 8.85. The molecule has 0 saturated carbocycles. The Morgan fingerprint density at radius 3 is 2.94 bits per heavy atom. The van der Waals surface area contributed by atoms with Gasteiger partial charge in [0.05, 0.1) is 6.21 Å². The molecule has 0 atom stereocenters. The summed E-state index contributed by atoms with van der Waals surface area (Å²) in [5, 5.41) is 5.94. The second-order valence-corrected chi connectivity index (χ2v) is 4.31. The third-order valence-corrected chi connectivity index (χ3v) is 2.93. The first-order chi connectivity index (χ1) is 8.16. The van der Waals surface area contributed by atoms with E-state index in [4.69, 9.17) is 5.73 Å². The number of halogens is 1. The normalized spacial score (nSPS) is 10.9. The van der Waals surface area contributed by atoms with Crippen molar-refractivity contribution < 1.29 is 4.79 Å². The number of fused-ring (bicyclic) bond motifs is 1. The van der Waals surface area contributed by atoms with Gasteiger partial charge >= 0.3 is 6.03 Å². The maximum atomic E-state index is 10.4. The van der Waals surface area contributed by atoms with Gasteiger partial charge in [0.15, 0.2) is 0 Å². The van der Waals surface area contributed by atoms with Crippen LogP contribution in [0.1, 0.15) is 5.56 Å². The number of rotatable bonds is 2. The molecule has 2 aromatic rings. The Labute approximate surface area is 107 Å². The molecular formula is C12H10BrN3O. The molecule has 2 rings (SSSR count). The topological polar surface area (TPSA) is 67.5 Å². The van der Waals surface area contributed by atoms with Crippen molar-refractivity contribution in [1.82, 2.24) is 5.43 Å². The lowest BCUT2D eigenvalue weighted by atomic mass is 10.1. The summed E-state index contributed by atoms with van der Waals surface area (Å²) in [6.07, 6.45) is 1.55. The Balaban J connectivity index is 2.34. The number of carbonyl (C=O) groups excluding carboxylic acids is 1. The van der Waals surface area contributed by atoms with E-state index in [1.54, 1.807) is 6.21 Å². The van der Waals surface area contributed by atoms with Gasteiger partial charge in [-0.25, -0.2) is 10.2 Å². The molecule has 0 radical (unpaired) electrons. The van der Waals surface area contributed by atoms with E-state index in [0.29, 0.717) is 0 Å². The Morgan fingerprint density at radius 1 is 1.35 bits per heavy atom. The van der Waals surface area contributed by atoms with Crippen LogP contribution in [0, 0.1) is 0 Å². The number of hydrogen-bond donors (Lipinski definition) is 2. The molecule has 0 aliphatic carbocycles. The molecule has 2 aromatic carbocycles. The van der Waals surface area contributed by atoms with Gasteiger partial charge < -0.3 is 5.73 Å². The van der Waals surface area contributed by atoms with Crippen LogP contribution >= 0.6 is 15.9 Å². The molecule has 0 aliphatic rings. The average Bonchev–Trinajstić information content (AvgIpc) is 2.30. The average molecular weight is 292 g/mol. The summed E-state index contributed by atoms with van der Waals surface area (Å²) in [4.78, 5) is 10.4. The molecule has 0 heterocycles. The summed E-state index contributed by atoms with van der Waals surface area (Å²) in [5.74, 6) is 0. The zero-order valence-corrected chi connectivity index (χ0v) is 10.4. The van der Waals surface area contributed by atoms with Gasteiger partial charge in [-0.15, -0.1) is 0 Å². The molecule has 0 unspecified atom stereocenters. The standard InChI is InChI=1S/C12H10BrN3O/c13-11-3-1-2-9-5-4-8(6-10(9)11)7-15-16-12(14)17/h1-7H,(H3,14,16,17).